The zero-order valence-electron chi connectivity index (χ0n) is 16.4. The summed E-state index contributed by atoms with van der Waals surface area (Å²) in [6.45, 7) is 2.96. The zero-order valence-corrected chi connectivity index (χ0v) is 16.4. The summed E-state index contributed by atoms with van der Waals surface area (Å²) in [5.74, 6) is 0.0660. The molecule has 0 radical (unpaired) electrons. The van der Waals surface area contributed by atoms with Crippen LogP contribution in [0, 0.1) is 0 Å². The number of rotatable bonds is 6. The number of carbonyl (C=O) groups is 1. The summed E-state index contributed by atoms with van der Waals surface area (Å²) in [6.07, 6.45) is 1.37. The van der Waals surface area contributed by atoms with E-state index in [0.717, 1.165) is 19.4 Å². The molecule has 2 aromatic carbocycles. The highest BCUT2D eigenvalue weighted by Gasteiger charge is 2.47. The summed E-state index contributed by atoms with van der Waals surface area (Å²) in [4.78, 5) is 15.7. The van der Waals surface area contributed by atoms with Crippen molar-refractivity contribution in [3.8, 4) is 0 Å². The van der Waals surface area contributed by atoms with Crippen molar-refractivity contribution in [3.05, 3.63) is 71.3 Å². The standard InChI is InChI=1S/C23H28N2O3/c1-25(16-18-7-3-2-4-8-18)23(13-19-9-5-6-10-20(19)14-23)22(26)24-15-21-17-27-11-12-28-21/h2-10,21H,11-17H2,1H3,(H,24,26)/t21-/m0/s1. The van der Waals surface area contributed by atoms with Gasteiger partial charge in [0, 0.05) is 25.9 Å². The predicted octanol–water partition coefficient (Wildman–Crippen LogP) is 2.19. The molecule has 4 rings (SSSR count). The summed E-state index contributed by atoms with van der Waals surface area (Å²) in [7, 11) is 2.05. The van der Waals surface area contributed by atoms with Gasteiger partial charge >= 0.3 is 0 Å². The van der Waals surface area contributed by atoms with Crippen molar-refractivity contribution in [2.24, 2.45) is 0 Å². The second-order valence-corrected chi connectivity index (χ2v) is 7.77. The van der Waals surface area contributed by atoms with Crippen molar-refractivity contribution in [1.29, 1.82) is 0 Å². The van der Waals surface area contributed by atoms with Crippen LogP contribution in [0.3, 0.4) is 0 Å². The first-order chi connectivity index (χ1) is 13.7. The zero-order chi connectivity index (χ0) is 19.4. The average molecular weight is 380 g/mol. The molecule has 1 heterocycles. The molecule has 1 saturated heterocycles. The number of carbonyl (C=O) groups excluding carboxylic acids is 1. The van der Waals surface area contributed by atoms with Gasteiger partial charge in [-0.1, -0.05) is 54.6 Å². The highest BCUT2D eigenvalue weighted by Crippen LogP contribution is 2.35. The van der Waals surface area contributed by atoms with Gasteiger partial charge in [0.1, 0.15) is 5.54 Å². The predicted molar refractivity (Wildman–Crippen MR) is 108 cm³/mol. The lowest BCUT2D eigenvalue weighted by molar-refractivity contribution is -0.135. The molecule has 5 heteroatoms. The Bertz CT molecular complexity index is 778. The first-order valence-corrected chi connectivity index (χ1v) is 9.97. The first kappa shape index (κ1) is 19.1. The Labute approximate surface area is 166 Å². The maximum absolute atomic E-state index is 13.5. The number of amides is 1. The molecule has 28 heavy (non-hydrogen) atoms. The molecular formula is C23H28N2O3. The van der Waals surface area contributed by atoms with E-state index in [-0.39, 0.29) is 12.0 Å². The molecule has 5 nitrogen and oxygen atoms in total. The number of benzene rings is 2. The molecule has 0 aromatic heterocycles. The van der Waals surface area contributed by atoms with Crippen molar-refractivity contribution < 1.29 is 14.3 Å². The molecule has 1 amide bonds. The molecule has 1 atom stereocenters. The molecule has 1 aliphatic heterocycles. The third kappa shape index (κ3) is 3.97. The summed E-state index contributed by atoms with van der Waals surface area (Å²) in [5, 5.41) is 3.15. The van der Waals surface area contributed by atoms with E-state index in [1.807, 2.05) is 18.2 Å². The molecule has 1 fully saturated rings. The van der Waals surface area contributed by atoms with Gasteiger partial charge in [-0.15, -0.1) is 0 Å². The highest BCUT2D eigenvalue weighted by atomic mass is 16.6. The molecule has 2 aliphatic rings. The Morgan fingerprint density at radius 2 is 1.75 bits per heavy atom. The van der Waals surface area contributed by atoms with Crippen molar-refractivity contribution in [2.45, 2.75) is 31.0 Å². The van der Waals surface area contributed by atoms with Crippen LogP contribution in [0.15, 0.2) is 54.6 Å². The van der Waals surface area contributed by atoms with Crippen LogP contribution in [0.25, 0.3) is 0 Å². The van der Waals surface area contributed by atoms with E-state index in [1.54, 1.807) is 0 Å². The van der Waals surface area contributed by atoms with Crippen LogP contribution in [0.1, 0.15) is 16.7 Å². The van der Waals surface area contributed by atoms with E-state index in [2.05, 4.69) is 53.7 Å². The highest BCUT2D eigenvalue weighted by molar-refractivity contribution is 5.88. The van der Waals surface area contributed by atoms with E-state index in [0.29, 0.717) is 26.4 Å². The number of nitrogens with zero attached hydrogens (tertiary/aromatic N) is 1. The third-order valence-electron chi connectivity index (χ3n) is 5.88. The molecule has 148 valence electrons. The minimum absolute atomic E-state index is 0.0660. The van der Waals surface area contributed by atoms with Gasteiger partial charge in [0.05, 0.1) is 25.9 Å². The molecule has 1 aliphatic carbocycles. The maximum Gasteiger partial charge on any atom is 0.241 e. The minimum Gasteiger partial charge on any atom is -0.376 e. The van der Waals surface area contributed by atoms with Crippen molar-refractivity contribution in [2.75, 3.05) is 33.4 Å². The van der Waals surface area contributed by atoms with Crippen molar-refractivity contribution in [3.63, 3.8) is 0 Å². The van der Waals surface area contributed by atoms with Gasteiger partial charge in [-0.2, -0.15) is 0 Å². The lowest BCUT2D eigenvalue weighted by atomic mass is 9.91. The van der Waals surface area contributed by atoms with Gasteiger partial charge in [-0.05, 0) is 23.7 Å². The van der Waals surface area contributed by atoms with E-state index >= 15 is 0 Å². The molecule has 0 saturated carbocycles. The Kier molecular flexibility index (Phi) is 5.76. The second kappa shape index (κ2) is 8.43. The fourth-order valence-corrected chi connectivity index (χ4v) is 4.23. The first-order valence-electron chi connectivity index (χ1n) is 9.97. The van der Waals surface area contributed by atoms with Crippen molar-refractivity contribution >= 4 is 5.91 Å². The Hall–Kier alpha value is -2.21. The van der Waals surface area contributed by atoms with Gasteiger partial charge in [0.15, 0.2) is 0 Å². The van der Waals surface area contributed by atoms with Gasteiger partial charge in [-0.25, -0.2) is 0 Å². The van der Waals surface area contributed by atoms with Gasteiger partial charge in [0.25, 0.3) is 0 Å². The van der Waals surface area contributed by atoms with Crippen LogP contribution < -0.4 is 5.32 Å². The average Bonchev–Trinajstić information content (AvgIpc) is 3.14. The third-order valence-corrected chi connectivity index (χ3v) is 5.88. The van der Waals surface area contributed by atoms with Crippen LogP contribution >= 0.6 is 0 Å². The van der Waals surface area contributed by atoms with E-state index in [4.69, 9.17) is 9.47 Å². The molecule has 0 unspecified atom stereocenters. The molecule has 0 spiro atoms. The number of likely N-dealkylation sites (N-methyl/N-ethyl adjacent to an activating group) is 1. The Morgan fingerprint density at radius 1 is 1.07 bits per heavy atom. The molecule has 0 bridgehead atoms. The monoisotopic (exact) mass is 380 g/mol. The summed E-state index contributed by atoms with van der Waals surface area (Å²) in [6, 6.07) is 18.7. The van der Waals surface area contributed by atoms with Gasteiger partial charge < -0.3 is 14.8 Å². The van der Waals surface area contributed by atoms with Gasteiger partial charge in [-0.3, -0.25) is 9.69 Å². The van der Waals surface area contributed by atoms with Crippen molar-refractivity contribution in [1.82, 2.24) is 10.2 Å². The fraction of sp³-hybridized carbons (Fsp3) is 0.435. The maximum atomic E-state index is 13.5. The minimum atomic E-state index is -0.588. The summed E-state index contributed by atoms with van der Waals surface area (Å²) in [5.41, 5.74) is 3.14. The van der Waals surface area contributed by atoms with Crippen LogP contribution in [0.5, 0.6) is 0 Å². The SMILES string of the molecule is CN(Cc1ccccc1)C1(C(=O)NC[C@H]2COCCO2)Cc2ccccc2C1. The number of hydrogen-bond donors (Lipinski definition) is 1. The fourth-order valence-electron chi connectivity index (χ4n) is 4.23. The van der Waals surface area contributed by atoms with Crippen LogP contribution in [-0.2, 0) is 33.7 Å². The van der Waals surface area contributed by atoms with E-state index in [9.17, 15) is 4.79 Å². The molecule has 1 N–H and O–H groups in total. The number of hydrogen-bond acceptors (Lipinski definition) is 4. The van der Waals surface area contributed by atoms with Crippen LogP contribution in [-0.4, -0.2) is 55.9 Å². The summed E-state index contributed by atoms with van der Waals surface area (Å²) >= 11 is 0. The normalized spacial score (nSPS) is 20.7. The van der Waals surface area contributed by atoms with Crippen LogP contribution in [0.2, 0.25) is 0 Å². The van der Waals surface area contributed by atoms with Crippen LogP contribution in [0.4, 0.5) is 0 Å². The topological polar surface area (TPSA) is 50.8 Å². The van der Waals surface area contributed by atoms with E-state index in [1.165, 1.54) is 16.7 Å². The Balaban J connectivity index is 1.52. The lowest BCUT2D eigenvalue weighted by Gasteiger charge is -2.38. The second-order valence-electron chi connectivity index (χ2n) is 7.77. The smallest absolute Gasteiger partial charge is 0.241 e. The lowest BCUT2D eigenvalue weighted by Crippen LogP contribution is -2.59. The largest absolute Gasteiger partial charge is 0.376 e. The Morgan fingerprint density at radius 3 is 2.39 bits per heavy atom. The number of ether oxygens (including phenoxy) is 2. The summed E-state index contributed by atoms with van der Waals surface area (Å²) < 4.78 is 11.1. The number of fused-ring (bicyclic) bond motifs is 1. The number of nitrogens with one attached hydrogen (secondary N) is 1. The van der Waals surface area contributed by atoms with E-state index < -0.39 is 5.54 Å². The molecule has 2 aromatic rings. The quantitative estimate of drug-likeness (QED) is 0.835. The molecular weight excluding hydrogens is 352 g/mol. The van der Waals surface area contributed by atoms with Gasteiger partial charge in [0.2, 0.25) is 5.91 Å².